The predicted octanol–water partition coefficient (Wildman–Crippen LogP) is 2.05. The van der Waals surface area contributed by atoms with Gasteiger partial charge >= 0.3 is 17.9 Å². The summed E-state index contributed by atoms with van der Waals surface area (Å²) in [5.74, 6) is -9.10. The molecule has 0 radical (unpaired) electrons. The van der Waals surface area contributed by atoms with Crippen molar-refractivity contribution in [1.82, 2.24) is 0 Å². The Morgan fingerprint density at radius 3 is 2.12 bits per heavy atom. The van der Waals surface area contributed by atoms with E-state index in [9.17, 15) is 22.0 Å². The number of ether oxygens (including phenoxy) is 2. The highest BCUT2D eigenvalue weighted by Gasteiger charge is 2.78. The molecule has 0 aromatic rings. The largest absolute Gasteiger partial charge is 0.449 e. The summed E-state index contributed by atoms with van der Waals surface area (Å²) >= 11 is 0. The van der Waals surface area contributed by atoms with Crippen LogP contribution >= 0.6 is 0 Å². The number of hydrogen-bond acceptors (Lipinski definition) is 3. The second kappa shape index (κ2) is 3.51. The minimum atomic E-state index is -5.60. The summed E-state index contributed by atoms with van der Waals surface area (Å²) in [6, 6.07) is 0. The normalized spacial score (nSPS) is 39.8. The summed E-state index contributed by atoms with van der Waals surface area (Å²) in [5, 5.41) is 9.03. The number of hydrogen-bond donors (Lipinski definition) is 1. The molecule has 2 unspecified atom stereocenters. The molecule has 1 N–H and O–H groups in total. The van der Waals surface area contributed by atoms with Crippen molar-refractivity contribution < 1.29 is 36.5 Å². The van der Waals surface area contributed by atoms with Gasteiger partial charge in [0.2, 0.25) is 0 Å². The summed E-state index contributed by atoms with van der Waals surface area (Å²) in [5.41, 5.74) is -2.42. The molecule has 3 nitrogen and oxygen atoms in total. The van der Waals surface area contributed by atoms with Crippen LogP contribution in [0.1, 0.15) is 20.3 Å². The highest BCUT2D eigenvalue weighted by molar-refractivity contribution is 5.05. The van der Waals surface area contributed by atoms with E-state index in [-0.39, 0.29) is 0 Å². The molecule has 2 atom stereocenters. The Labute approximate surface area is 88.1 Å². The number of aliphatic hydroxyl groups is 1. The van der Waals surface area contributed by atoms with E-state index in [0.717, 1.165) is 6.92 Å². The molecule has 1 saturated heterocycles. The maximum absolute atomic E-state index is 13.6. The van der Waals surface area contributed by atoms with Crippen LogP contribution in [0.3, 0.4) is 0 Å². The molecule has 96 valence electrons. The minimum Gasteiger partial charge on any atom is -0.354 e. The third-order valence-corrected chi connectivity index (χ3v) is 2.79. The lowest BCUT2D eigenvalue weighted by molar-refractivity contribution is -0.500. The summed E-state index contributed by atoms with van der Waals surface area (Å²) in [4.78, 5) is 0. The van der Waals surface area contributed by atoms with Crippen molar-refractivity contribution in [2.24, 2.45) is 0 Å². The van der Waals surface area contributed by atoms with E-state index in [2.05, 4.69) is 9.47 Å². The second-order valence-corrected chi connectivity index (χ2v) is 3.71. The van der Waals surface area contributed by atoms with Crippen LogP contribution in [-0.4, -0.2) is 35.4 Å². The molecule has 0 bridgehead atoms. The molecule has 0 amide bonds. The molecule has 1 heterocycles. The molecule has 0 aromatic carbocycles. The molecule has 16 heavy (non-hydrogen) atoms. The minimum absolute atomic E-state index is 0.401. The van der Waals surface area contributed by atoms with E-state index >= 15 is 0 Å². The van der Waals surface area contributed by atoms with Crippen LogP contribution in [0.4, 0.5) is 22.0 Å². The molecule has 1 aliphatic rings. The molecule has 1 rings (SSSR count). The van der Waals surface area contributed by atoms with Crippen molar-refractivity contribution >= 4 is 0 Å². The second-order valence-electron chi connectivity index (χ2n) is 3.71. The van der Waals surface area contributed by atoms with Gasteiger partial charge in [-0.3, -0.25) is 0 Å². The van der Waals surface area contributed by atoms with E-state index in [1.165, 1.54) is 6.92 Å². The zero-order chi connectivity index (χ0) is 12.8. The van der Waals surface area contributed by atoms with Gasteiger partial charge in [-0.25, -0.2) is 0 Å². The van der Waals surface area contributed by atoms with Crippen LogP contribution in [0.2, 0.25) is 0 Å². The first-order chi connectivity index (χ1) is 7.02. The van der Waals surface area contributed by atoms with Gasteiger partial charge in [-0.1, -0.05) is 6.92 Å². The lowest BCUT2D eigenvalue weighted by atomic mass is 9.87. The van der Waals surface area contributed by atoms with Crippen LogP contribution in [0.5, 0.6) is 0 Å². The Kier molecular flexibility index (Phi) is 2.98. The number of halogens is 5. The van der Waals surface area contributed by atoms with Crippen molar-refractivity contribution in [2.45, 2.75) is 43.8 Å². The van der Waals surface area contributed by atoms with E-state index in [4.69, 9.17) is 5.11 Å². The fourth-order valence-electron chi connectivity index (χ4n) is 1.37. The summed E-state index contributed by atoms with van der Waals surface area (Å²) < 4.78 is 72.5. The SMILES string of the molecule is CCC1(C)OCOC(O)(C(F)(F)F)C1(F)F. The van der Waals surface area contributed by atoms with Crippen molar-refractivity contribution in [1.29, 1.82) is 0 Å². The zero-order valence-corrected chi connectivity index (χ0v) is 8.57. The monoisotopic (exact) mass is 250 g/mol. The van der Waals surface area contributed by atoms with Gasteiger partial charge in [0, 0.05) is 0 Å². The first-order valence-corrected chi connectivity index (χ1v) is 4.46. The summed E-state index contributed by atoms with van der Waals surface area (Å²) in [6.07, 6.45) is -6.00. The quantitative estimate of drug-likeness (QED) is 0.724. The van der Waals surface area contributed by atoms with Crippen LogP contribution in [0.25, 0.3) is 0 Å². The Balaban J connectivity index is 3.23. The topological polar surface area (TPSA) is 38.7 Å². The van der Waals surface area contributed by atoms with Gasteiger partial charge in [0.05, 0.1) is 0 Å². The fourth-order valence-corrected chi connectivity index (χ4v) is 1.37. The van der Waals surface area contributed by atoms with E-state index in [0.29, 0.717) is 0 Å². The van der Waals surface area contributed by atoms with E-state index in [1.54, 1.807) is 0 Å². The molecular formula is C8H11F5O3. The lowest BCUT2D eigenvalue weighted by Crippen LogP contribution is -2.72. The van der Waals surface area contributed by atoms with Gasteiger partial charge in [0.15, 0.2) is 6.79 Å². The highest BCUT2D eigenvalue weighted by Crippen LogP contribution is 2.52. The molecular weight excluding hydrogens is 239 g/mol. The van der Waals surface area contributed by atoms with Crippen LogP contribution in [-0.2, 0) is 9.47 Å². The Hall–Kier alpha value is -0.470. The molecule has 8 heteroatoms. The highest BCUT2D eigenvalue weighted by atomic mass is 19.4. The maximum atomic E-state index is 13.6. The predicted molar refractivity (Wildman–Crippen MR) is 41.7 cm³/mol. The molecule has 1 aliphatic heterocycles. The van der Waals surface area contributed by atoms with Gasteiger partial charge < -0.3 is 14.6 Å². The van der Waals surface area contributed by atoms with Gasteiger partial charge in [-0.2, -0.15) is 22.0 Å². The molecule has 0 saturated carbocycles. The van der Waals surface area contributed by atoms with Crippen LogP contribution < -0.4 is 0 Å². The zero-order valence-electron chi connectivity index (χ0n) is 8.57. The average molecular weight is 250 g/mol. The van der Waals surface area contributed by atoms with Crippen molar-refractivity contribution in [2.75, 3.05) is 6.79 Å². The van der Waals surface area contributed by atoms with Crippen molar-refractivity contribution in [3.05, 3.63) is 0 Å². The first kappa shape index (κ1) is 13.6. The molecule has 0 aliphatic carbocycles. The van der Waals surface area contributed by atoms with Gasteiger partial charge in [-0.15, -0.1) is 0 Å². The third kappa shape index (κ3) is 1.51. The molecule has 0 aromatic heterocycles. The fraction of sp³-hybridized carbons (Fsp3) is 1.00. The summed E-state index contributed by atoms with van der Waals surface area (Å²) in [6.45, 7) is 0.984. The van der Waals surface area contributed by atoms with Crippen molar-refractivity contribution in [3.8, 4) is 0 Å². The average Bonchev–Trinajstić information content (AvgIpc) is 2.13. The maximum Gasteiger partial charge on any atom is 0.449 e. The summed E-state index contributed by atoms with van der Waals surface area (Å²) in [7, 11) is 0. The standard InChI is InChI=1S/C8H11F5O3/c1-3-5(2)6(9,10)7(14,8(11,12)13)16-4-15-5/h14H,3-4H2,1-2H3. The number of rotatable bonds is 1. The smallest absolute Gasteiger partial charge is 0.354 e. The molecule has 0 spiro atoms. The molecule has 1 fully saturated rings. The number of alkyl halides is 5. The van der Waals surface area contributed by atoms with Gasteiger partial charge in [-0.05, 0) is 13.3 Å². The lowest BCUT2D eigenvalue weighted by Gasteiger charge is -2.49. The van der Waals surface area contributed by atoms with E-state index in [1.807, 2.05) is 0 Å². The van der Waals surface area contributed by atoms with E-state index < -0.39 is 36.7 Å². The Morgan fingerprint density at radius 2 is 1.75 bits per heavy atom. The van der Waals surface area contributed by atoms with Gasteiger partial charge in [0.1, 0.15) is 5.60 Å². The van der Waals surface area contributed by atoms with Crippen molar-refractivity contribution in [3.63, 3.8) is 0 Å². The van der Waals surface area contributed by atoms with Gasteiger partial charge in [0.25, 0.3) is 0 Å². The van der Waals surface area contributed by atoms with Crippen LogP contribution in [0, 0.1) is 0 Å². The Morgan fingerprint density at radius 1 is 1.25 bits per heavy atom. The Bertz CT molecular complexity index is 279. The first-order valence-electron chi connectivity index (χ1n) is 4.46. The van der Waals surface area contributed by atoms with Crippen LogP contribution in [0.15, 0.2) is 0 Å². The third-order valence-electron chi connectivity index (χ3n) is 2.79.